The van der Waals surface area contributed by atoms with Gasteiger partial charge in [-0.2, -0.15) is 0 Å². The standard InChI is InChI=1S/C14H22O3/c1-11-9-12(14(15)17-11)7-5-3-2-4-6-8-13-10-16-13/h9,11,13H,2-8,10H2,1H3/t11-,13-/m0/s1. The Bertz CT molecular complexity index is 292. The molecule has 0 radical (unpaired) electrons. The minimum absolute atomic E-state index is 0.0176. The Morgan fingerprint density at radius 2 is 1.94 bits per heavy atom. The number of unbranched alkanes of at least 4 members (excludes halogenated alkanes) is 4. The molecular weight excluding hydrogens is 216 g/mol. The van der Waals surface area contributed by atoms with Crippen LogP contribution < -0.4 is 0 Å². The van der Waals surface area contributed by atoms with E-state index < -0.39 is 0 Å². The average Bonchev–Trinajstić information content (AvgIpc) is 3.04. The normalized spacial score (nSPS) is 26.9. The maximum absolute atomic E-state index is 11.3. The van der Waals surface area contributed by atoms with Crippen LogP contribution in [0.2, 0.25) is 0 Å². The van der Waals surface area contributed by atoms with Crippen molar-refractivity contribution in [3.8, 4) is 0 Å². The molecule has 3 nitrogen and oxygen atoms in total. The van der Waals surface area contributed by atoms with E-state index in [-0.39, 0.29) is 12.1 Å². The summed E-state index contributed by atoms with van der Waals surface area (Å²) < 4.78 is 10.2. The molecule has 0 aromatic heterocycles. The van der Waals surface area contributed by atoms with Crippen LogP contribution >= 0.6 is 0 Å². The molecule has 0 aromatic rings. The largest absolute Gasteiger partial charge is 0.455 e. The van der Waals surface area contributed by atoms with Gasteiger partial charge in [-0.15, -0.1) is 0 Å². The zero-order chi connectivity index (χ0) is 12.1. The number of cyclic esters (lactones) is 1. The molecule has 0 amide bonds. The number of hydrogen-bond acceptors (Lipinski definition) is 3. The molecule has 0 bridgehead atoms. The molecule has 2 rings (SSSR count). The molecule has 0 aliphatic carbocycles. The van der Waals surface area contributed by atoms with Gasteiger partial charge >= 0.3 is 5.97 Å². The summed E-state index contributed by atoms with van der Waals surface area (Å²) in [4.78, 5) is 11.3. The first-order valence-electron chi connectivity index (χ1n) is 6.79. The van der Waals surface area contributed by atoms with E-state index in [1.54, 1.807) is 0 Å². The van der Waals surface area contributed by atoms with Crippen LogP contribution in [0.1, 0.15) is 51.9 Å². The van der Waals surface area contributed by atoms with E-state index in [4.69, 9.17) is 9.47 Å². The van der Waals surface area contributed by atoms with Gasteiger partial charge in [-0.1, -0.05) is 25.7 Å². The number of esters is 1. The summed E-state index contributed by atoms with van der Waals surface area (Å²) in [6.07, 6.45) is 10.8. The maximum Gasteiger partial charge on any atom is 0.334 e. The topological polar surface area (TPSA) is 38.8 Å². The maximum atomic E-state index is 11.3. The summed E-state index contributed by atoms with van der Waals surface area (Å²) in [5.41, 5.74) is 0.879. The van der Waals surface area contributed by atoms with Crippen molar-refractivity contribution in [3.05, 3.63) is 11.6 Å². The van der Waals surface area contributed by atoms with E-state index in [0.29, 0.717) is 6.10 Å². The Morgan fingerprint density at radius 1 is 1.24 bits per heavy atom. The first-order valence-corrected chi connectivity index (χ1v) is 6.79. The van der Waals surface area contributed by atoms with Crippen LogP contribution in [0.25, 0.3) is 0 Å². The second-order valence-corrected chi connectivity index (χ2v) is 5.06. The van der Waals surface area contributed by atoms with E-state index in [0.717, 1.165) is 25.0 Å². The van der Waals surface area contributed by atoms with Gasteiger partial charge < -0.3 is 9.47 Å². The van der Waals surface area contributed by atoms with Gasteiger partial charge in [-0.05, 0) is 32.3 Å². The van der Waals surface area contributed by atoms with Crippen molar-refractivity contribution in [2.75, 3.05) is 6.61 Å². The predicted molar refractivity (Wildman–Crippen MR) is 65.7 cm³/mol. The Kier molecular flexibility index (Phi) is 4.60. The molecule has 96 valence electrons. The number of hydrogen-bond donors (Lipinski definition) is 0. The molecule has 0 spiro atoms. The van der Waals surface area contributed by atoms with E-state index in [1.807, 2.05) is 13.0 Å². The van der Waals surface area contributed by atoms with E-state index >= 15 is 0 Å². The molecule has 2 heterocycles. The Labute approximate surface area is 103 Å². The highest BCUT2D eigenvalue weighted by molar-refractivity contribution is 5.90. The van der Waals surface area contributed by atoms with Crippen LogP contribution in [0.3, 0.4) is 0 Å². The quantitative estimate of drug-likeness (QED) is 0.371. The summed E-state index contributed by atoms with van der Waals surface area (Å²) >= 11 is 0. The van der Waals surface area contributed by atoms with Gasteiger partial charge in [-0.3, -0.25) is 0 Å². The fourth-order valence-electron chi connectivity index (χ4n) is 2.27. The molecule has 2 aliphatic heterocycles. The number of ether oxygens (including phenoxy) is 2. The van der Waals surface area contributed by atoms with Crippen molar-refractivity contribution in [2.45, 2.75) is 64.1 Å². The Morgan fingerprint density at radius 3 is 2.59 bits per heavy atom. The lowest BCUT2D eigenvalue weighted by atomic mass is 10.0. The molecule has 0 N–H and O–H groups in total. The first-order chi connectivity index (χ1) is 8.25. The summed E-state index contributed by atoms with van der Waals surface area (Å²) in [6, 6.07) is 0. The van der Waals surface area contributed by atoms with E-state index in [1.165, 1.54) is 32.1 Å². The van der Waals surface area contributed by atoms with Gasteiger partial charge in [0.05, 0.1) is 12.7 Å². The fraction of sp³-hybridized carbons (Fsp3) is 0.786. The first kappa shape index (κ1) is 12.6. The van der Waals surface area contributed by atoms with Gasteiger partial charge in [0.25, 0.3) is 0 Å². The van der Waals surface area contributed by atoms with E-state index in [9.17, 15) is 4.79 Å². The highest BCUT2D eigenvalue weighted by atomic mass is 16.6. The van der Waals surface area contributed by atoms with Gasteiger partial charge in [-0.25, -0.2) is 4.79 Å². The molecular formula is C14H22O3. The molecule has 2 atom stereocenters. The monoisotopic (exact) mass is 238 g/mol. The van der Waals surface area contributed by atoms with Gasteiger partial charge in [0, 0.05) is 5.57 Å². The lowest BCUT2D eigenvalue weighted by Gasteiger charge is -2.01. The molecule has 0 saturated carbocycles. The van der Waals surface area contributed by atoms with Crippen LogP contribution in [-0.2, 0) is 14.3 Å². The average molecular weight is 238 g/mol. The smallest absolute Gasteiger partial charge is 0.334 e. The third kappa shape index (κ3) is 4.50. The van der Waals surface area contributed by atoms with Crippen molar-refractivity contribution >= 4 is 5.97 Å². The van der Waals surface area contributed by atoms with Crippen molar-refractivity contribution in [3.63, 3.8) is 0 Å². The van der Waals surface area contributed by atoms with E-state index in [2.05, 4.69) is 0 Å². The molecule has 0 unspecified atom stereocenters. The zero-order valence-corrected chi connectivity index (χ0v) is 10.6. The summed E-state index contributed by atoms with van der Waals surface area (Å²) in [5.74, 6) is -0.108. The molecule has 3 heteroatoms. The van der Waals surface area contributed by atoms with Crippen LogP contribution in [0.4, 0.5) is 0 Å². The highest BCUT2D eigenvalue weighted by Crippen LogP contribution is 2.21. The van der Waals surface area contributed by atoms with Crippen molar-refractivity contribution in [1.29, 1.82) is 0 Å². The summed E-state index contributed by atoms with van der Waals surface area (Å²) in [6.45, 7) is 2.89. The minimum Gasteiger partial charge on any atom is -0.455 e. The molecule has 2 aliphatic rings. The zero-order valence-electron chi connectivity index (χ0n) is 10.6. The van der Waals surface area contributed by atoms with Crippen LogP contribution in [-0.4, -0.2) is 24.8 Å². The third-order valence-electron chi connectivity index (χ3n) is 3.37. The summed E-state index contributed by atoms with van der Waals surface area (Å²) in [5, 5.41) is 0. The molecule has 0 aromatic carbocycles. The van der Waals surface area contributed by atoms with Crippen molar-refractivity contribution < 1.29 is 14.3 Å². The lowest BCUT2D eigenvalue weighted by molar-refractivity contribution is -0.139. The minimum atomic E-state index is -0.108. The second kappa shape index (κ2) is 6.20. The number of epoxide rings is 1. The van der Waals surface area contributed by atoms with Gasteiger partial charge in [0.2, 0.25) is 0 Å². The molecule has 17 heavy (non-hydrogen) atoms. The summed E-state index contributed by atoms with van der Waals surface area (Å²) in [7, 11) is 0. The Balaban J connectivity index is 1.45. The number of carbonyl (C=O) groups excluding carboxylic acids is 1. The van der Waals surface area contributed by atoms with Crippen LogP contribution in [0, 0.1) is 0 Å². The third-order valence-corrected chi connectivity index (χ3v) is 3.37. The molecule has 1 fully saturated rings. The molecule has 1 saturated heterocycles. The predicted octanol–water partition coefficient (Wildman–Crippen LogP) is 2.99. The lowest BCUT2D eigenvalue weighted by Crippen LogP contribution is -2.03. The van der Waals surface area contributed by atoms with Gasteiger partial charge in [0.1, 0.15) is 6.10 Å². The highest BCUT2D eigenvalue weighted by Gasteiger charge is 2.22. The van der Waals surface area contributed by atoms with Crippen LogP contribution in [0.15, 0.2) is 11.6 Å². The van der Waals surface area contributed by atoms with Crippen molar-refractivity contribution in [1.82, 2.24) is 0 Å². The fourth-order valence-corrected chi connectivity index (χ4v) is 2.27. The van der Waals surface area contributed by atoms with Crippen molar-refractivity contribution in [2.24, 2.45) is 0 Å². The van der Waals surface area contributed by atoms with Crippen LogP contribution in [0.5, 0.6) is 0 Å². The number of rotatable bonds is 8. The number of carbonyl (C=O) groups is 1. The SMILES string of the molecule is C[C@H]1C=C(CCCCCCC[C@H]2CO2)C(=O)O1. The van der Waals surface area contributed by atoms with Gasteiger partial charge in [0.15, 0.2) is 0 Å². The second-order valence-electron chi connectivity index (χ2n) is 5.06. The Hall–Kier alpha value is -0.830.